The van der Waals surface area contributed by atoms with Gasteiger partial charge in [-0.25, -0.2) is 0 Å². The van der Waals surface area contributed by atoms with Crippen LogP contribution in [0.5, 0.6) is 0 Å². The number of aliphatic imine (C=N–C) groups is 1. The maximum absolute atomic E-state index is 11.5. The van der Waals surface area contributed by atoms with Crippen LogP contribution in [-0.4, -0.2) is 75.8 Å². The molecular weight excluding hydrogens is 421 g/mol. The van der Waals surface area contributed by atoms with E-state index in [1.807, 2.05) is 13.8 Å². The first-order chi connectivity index (χ1) is 11.3. The van der Waals surface area contributed by atoms with Crippen molar-refractivity contribution < 1.29 is 9.53 Å². The fourth-order valence-corrected chi connectivity index (χ4v) is 2.30. The van der Waals surface area contributed by atoms with Gasteiger partial charge in [-0.15, -0.1) is 24.0 Å². The lowest BCUT2D eigenvalue weighted by atomic mass is 10.3. The third-order valence-electron chi connectivity index (χ3n) is 3.57. The molecule has 1 saturated heterocycles. The van der Waals surface area contributed by atoms with Crippen LogP contribution in [0.25, 0.3) is 0 Å². The second kappa shape index (κ2) is 15.9. The predicted octanol–water partition coefficient (Wildman–Crippen LogP) is 0.798. The standard InChI is InChI=1S/C16H33N5O2.HI/c1-3-7-18-15(22)6-9-20-16(17-4-2)19-8-5-10-21-11-13-23-14-12-21;/h3-14H2,1-2H3,(H,18,22)(H2,17,19,20);1H. The number of rotatable bonds is 10. The predicted molar refractivity (Wildman–Crippen MR) is 109 cm³/mol. The molecule has 0 spiro atoms. The molecule has 1 rings (SSSR count). The number of carbonyl (C=O) groups excluding carboxylic acids is 1. The summed E-state index contributed by atoms with van der Waals surface area (Å²) in [6.07, 6.45) is 2.47. The van der Waals surface area contributed by atoms with Crippen LogP contribution in [0.4, 0.5) is 0 Å². The van der Waals surface area contributed by atoms with E-state index in [9.17, 15) is 4.79 Å². The number of morpholine rings is 1. The van der Waals surface area contributed by atoms with Crippen molar-refractivity contribution in [3.63, 3.8) is 0 Å². The topological polar surface area (TPSA) is 78.0 Å². The molecule has 0 unspecified atom stereocenters. The molecule has 0 aromatic carbocycles. The van der Waals surface area contributed by atoms with Crippen LogP contribution < -0.4 is 16.0 Å². The minimum atomic E-state index is 0. The van der Waals surface area contributed by atoms with Crippen LogP contribution >= 0.6 is 24.0 Å². The van der Waals surface area contributed by atoms with Gasteiger partial charge in [0.15, 0.2) is 5.96 Å². The van der Waals surface area contributed by atoms with Gasteiger partial charge in [0.2, 0.25) is 5.91 Å². The summed E-state index contributed by atoms with van der Waals surface area (Å²) in [6.45, 7) is 11.8. The second-order valence-electron chi connectivity index (χ2n) is 5.59. The molecule has 0 bridgehead atoms. The molecule has 0 saturated carbocycles. The summed E-state index contributed by atoms with van der Waals surface area (Å²) in [7, 11) is 0. The lowest BCUT2D eigenvalue weighted by Gasteiger charge is -2.26. The van der Waals surface area contributed by atoms with Crippen molar-refractivity contribution in [3.05, 3.63) is 0 Å². The molecule has 142 valence electrons. The third kappa shape index (κ3) is 11.9. The van der Waals surface area contributed by atoms with Crippen molar-refractivity contribution in [1.29, 1.82) is 0 Å². The Kier molecular flexibility index (Phi) is 15.5. The second-order valence-corrected chi connectivity index (χ2v) is 5.59. The highest BCUT2D eigenvalue weighted by atomic mass is 127. The number of halogens is 1. The average Bonchev–Trinajstić information content (AvgIpc) is 2.57. The van der Waals surface area contributed by atoms with Gasteiger partial charge >= 0.3 is 0 Å². The zero-order valence-corrected chi connectivity index (χ0v) is 17.4. The molecule has 0 radical (unpaired) electrons. The average molecular weight is 455 g/mol. The molecule has 1 heterocycles. The molecule has 24 heavy (non-hydrogen) atoms. The number of nitrogens with one attached hydrogen (secondary N) is 3. The number of hydrogen-bond acceptors (Lipinski definition) is 4. The van der Waals surface area contributed by atoms with Crippen LogP contribution in [0, 0.1) is 0 Å². The molecule has 8 heteroatoms. The number of hydrogen-bond donors (Lipinski definition) is 3. The van der Waals surface area contributed by atoms with Crippen LogP contribution in [0.15, 0.2) is 4.99 Å². The van der Waals surface area contributed by atoms with Crippen molar-refractivity contribution >= 4 is 35.8 Å². The third-order valence-corrected chi connectivity index (χ3v) is 3.57. The molecule has 3 N–H and O–H groups in total. The van der Waals surface area contributed by atoms with Gasteiger partial charge in [0.1, 0.15) is 0 Å². The molecule has 1 aliphatic heterocycles. The summed E-state index contributed by atoms with van der Waals surface area (Å²) in [6, 6.07) is 0. The van der Waals surface area contributed by atoms with Gasteiger partial charge in [-0.05, 0) is 19.8 Å². The summed E-state index contributed by atoms with van der Waals surface area (Å²) >= 11 is 0. The molecule has 1 amide bonds. The Balaban J connectivity index is 0.00000529. The van der Waals surface area contributed by atoms with Gasteiger partial charge in [0.25, 0.3) is 0 Å². The highest BCUT2D eigenvalue weighted by Gasteiger charge is 2.09. The molecule has 0 aliphatic carbocycles. The van der Waals surface area contributed by atoms with Gasteiger partial charge in [0.05, 0.1) is 13.2 Å². The molecular formula is C16H34IN5O2. The van der Waals surface area contributed by atoms with Crippen LogP contribution in [-0.2, 0) is 9.53 Å². The van der Waals surface area contributed by atoms with E-state index in [0.29, 0.717) is 13.0 Å². The molecule has 0 aromatic heterocycles. The lowest BCUT2D eigenvalue weighted by Crippen LogP contribution is -2.40. The Labute approximate surface area is 163 Å². The molecule has 0 aromatic rings. The normalized spacial score (nSPS) is 15.5. The number of carbonyl (C=O) groups is 1. The summed E-state index contributed by atoms with van der Waals surface area (Å²) in [5, 5.41) is 9.29. The van der Waals surface area contributed by atoms with E-state index in [4.69, 9.17) is 4.74 Å². The fraction of sp³-hybridized carbons (Fsp3) is 0.875. The summed E-state index contributed by atoms with van der Waals surface area (Å²) in [5.74, 6) is 0.875. The number of amides is 1. The van der Waals surface area contributed by atoms with Gasteiger partial charge < -0.3 is 20.7 Å². The quantitative estimate of drug-likeness (QED) is 0.197. The number of guanidine groups is 1. The Morgan fingerprint density at radius 3 is 2.54 bits per heavy atom. The van der Waals surface area contributed by atoms with Crippen LogP contribution in [0.3, 0.4) is 0 Å². The van der Waals surface area contributed by atoms with Gasteiger partial charge in [0, 0.05) is 52.2 Å². The Morgan fingerprint density at radius 1 is 1.12 bits per heavy atom. The summed E-state index contributed by atoms with van der Waals surface area (Å²) < 4.78 is 5.34. The Morgan fingerprint density at radius 2 is 1.88 bits per heavy atom. The van der Waals surface area contributed by atoms with E-state index < -0.39 is 0 Å². The molecule has 1 fully saturated rings. The van der Waals surface area contributed by atoms with Crippen LogP contribution in [0.1, 0.15) is 33.1 Å². The van der Waals surface area contributed by atoms with Gasteiger partial charge in [-0.2, -0.15) is 0 Å². The van der Waals surface area contributed by atoms with Crippen molar-refractivity contribution in [2.24, 2.45) is 4.99 Å². The maximum atomic E-state index is 11.5. The summed E-state index contributed by atoms with van der Waals surface area (Å²) in [5.41, 5.74) is 0. The van der Waals surface area contributed by atoms with Crippen molar-refractivity contribution in [2.75, 3.05) is 59.0 Å². The highest BCUT2D eigenvalue weighted by molar-refractivity contribution is 14.0. The molecule has 7 nitrogen and oxygen atoms in total. The van der Waals surface area contributed by atoms with Crippen LogP contribution in [0.2, 0.25) is 0 Å². The monoisotopic (exact) mass is 455 g/mol. The van der Waals surface area contributed by atoms with E-state index in [0.717, 1.165) is 71.3 Å². The minimum absolute atomic E-state index is 0. The first-order valence-electron chi connectivity index (χ1n) is 8.85. The zero-order valence-electron chi connectivity index (χ0n) is 15.1. The minimum Gasteiger partial charge on any atom is -0.379 e. The van der Waals surface area contributed by atoms with E-state index in [-0.39, 0.29) is 29.9 Å². The Hall–Kier alpha value is -0.610. The molecule has 1 aliphatic rings. The number of ether oxygens (including phenoxy) is 1. The van der Waals surface area contributed by atoms with Gasteiger partial charge in [-0.3, -0.25) is 14.7 Å². The van der Waals surface area contributed by atoms with E-state index in [2.05, 4.69) is 25.8 Å². The number of nitrogens with zero attached hydrogens (tertiary/aromatic N) is 2. The Bertz CT molecular complexity index is 349. The summed E-state index contributed by atoms with van der Waals surface area (Å²) in [4.78, 5) is 18.5. The van der Waals surface area contributed by atoms with Crippen molar-refractivity contribution in [2.45, 2.75) is 33.1 Å². The van der Waals surface area contributed by atoms with Gasteiger partial charge in [-0.1, -0.05) is 6.92 Å². The fourth-order valence-electron chi connectivity index (χ4n) is 2.30. The van der Waals surface area contributed by atoms with E-state index in [1.54, 1.807) is 0 Å². The maximum Gasteiger partial charge on any atom is 0.221 e. The highest BCUT2D eigenvalue weighted by Crippen LogP contribution is 1.98. The smallest absolute Gasteiger partial charge is 0.221 e. The lowest BCUT2D eigenvalue weighted by molar-refractivity contribution is -0.120. The van der Waals surface area contributed by atoms with E-state index >= 15 is 0 Å². The SMILES string of the molecule is CCCNC(=O)CCNC(=NCCCN1CCOCC1)NCC.I. The van der Waals surface area contributed by atoms with Crippen molar-refractivity contribution in [3.8, 4) is 0 Å². The molecule has 0 atom stereocenters. The first-order valence-corrected chi connectivity index (χ1v) is 8.85. The first kappa shape index (κ1) is 23.4. The van der Waals surface area contributed by atoms with E-state index in [1.165, 1.54) is 0 Å². The van der Waals surface area contributed by atoms with Crippen molar-refractivity contribution in [1.82, 2.24) is 20.9 Å². The zero-order chi connectivity index (χ0) is 16.8. The largest absolute Gasteiger partial charge is 0.379 e.